The zero-order valence-corrected chi connectivity index (χ0v) is 17.6. The van der Waals surface area contributed by atoms with E-state index in [1.54, 1.807) is 36.2 Å². The summed E-state index contributed by atoms with van der Waals surface area (Å²) in [5.74, 6) is 0.300. The van der Waals surface area contributed by atoms with Crippen molar-refractivity contribution in [2.75, 3.05) is 31.6 Å². The molecule has 1 saturated carbocycles. The lowest BCUT2D eigenvalue weighted by molar-refractivity contribution is -0.127. The highest BCUT2D eigenvalue weighted by Gasteiger charge is 2.52. The maximum absolute atomic E-state index is 13.7. The lowest BCUT2D eigenvalue weighted by atomic mass is 9.56. The van der Waals surface area contributed by atoms with Crippen LogP contribution in [0.1, 0.15) is 24.3 Å². The van der Waals surface area contributed by atoms with Crippen molar-refractivity contribution in [2.45, 2.75) is 18.8 Å². The Morgan fingerprint density at radius 3 is 2.67 bits per heavy atom. The topological polar surface area (TPSA) is 36.4 Å². The first-order valence-corrected chi connectivity index (χ1v) is 10.6. The number of hydrogen-bond donors (Lipinski definition) is 0. The molecule has 2 aliphatic rings. The molecule has 0 unspecified atom stereocenters. The van der Waals surface area contributed by atoms with Crippen LogP contribution in [-0.4, -0.2) is 42.5 Å². The molecule has 1 spiro atoms. The Bertz CT molecular complexity index is 1100. The molecule has 2 aromatic carbocycles. The first-order chi connectivity index (χ1) is 14.4. The monoisotopic (exact) mass is 423 g/mol. The SMILES string of the molecule is CN(C(=O)CN1CC2(CC(c3ccnc4ccc(F)cc34)C2)C1)c1ccc(Cl)cc1. The Morgan fingerprint density at radius 1 is 1.20 bits per heavy atom. The predicted octanol–water partition coefficient (Wildman–Crippen LogP) is 4.87. The van der Waals surface area contributed by atoms with Crippen LogP contribution in [-0.2, 0) is 4.79 Å². The number of likely N-dealkylation sites (N-methyl/N-ethyl adjacent to an activating group) is 1. The van der Waals surface area contributed by atoms with Crippen LogP contribution in [0.5, 0.6) is 0 Å². The molecule has 30 heavy (non-hydrogen) atoms. The van der Waals surface area contributed by atoms with Gasteiger partial charge in [0.2, 0.25) is 5.91 Å². The van der Waals surface area contributed by atoms with Crippen molar-refractivity contribution < 1.29 is 9.18 Å². The van der Waals surface area contributed by atoms with Crippen LogP contribution in [0.4, 0.5) is 10.1 Å². The van der Waals surface area contributed by atoms with Gasteiger partial charge in [-0.3, -0.25) is 14.7 Å². The Morgan fingerprint density at radius 2 is 1.93 bits per heavy atom. The van der Waals surface area contributed by atoms with Gasteiger partial charge in [-0.25, -0.2) is 4.39 Å². The zero-order chi connectivity index (χ0) is 20.9. The van der Waals surface area contributed by atoms with Crippen molar-refractivity contribution in [2.24, 2.45) is 5.41 Å². The Labute approximate surface area is 180 Å². The molecule has 1 saturated heterocycles. The number of aromatic nitrogens is 1. The number of benzene rings is 2. The fourth-order valence-corrected chi connectivity index (χ4v) is 5.21. The van der Waals surface area contributed by atoms with E-state index in [9.17, 15) is 9.18 Å². The minimum absolute atomic E-state index is 0.0821. The smallest absolute Gasteiger partial charge is 0.240 e. The summed E-state index contributed by atoms with van der Waals surface area (Å²) >= 11 is 5.93. The number of carbonyl (C=O) groups is 1. The van der Waals surface area contributed by atoms with Crippen molar-refractivity contribution in [3.63, 3.8) is 0 Å². The van der Waals surface area contributed by atoms with E-state index >= 15 is 0 Å². The fraction of sp³-hybridized carbons (Fsp3) is 0.333. The van der Waals surface area contributed by atoms with Gasteiger partial charge in [0.25, 0.3) is 0 Å². The number of anilines is 1. The number of carbonyl (C=O) groups excluding carboxylic acids is 1. The first-order valence-electron chi connectivity index (χ1n) is 10.2. The molecule has 1 amide bonds. The maximum atomic E-state index is 13.7. The van der Waals surface area contributed by atoms with Crippen LogP contribution in [0.25, 0.3) is 10.9 Å². The largest absolute Gasteiger partial charge is 0.314 e. The molecule has 1 aliphatic heterocycles. The molecule has 5 rings (SSSR count). The first kappa shape index (κ1) is 19.5. The molecular formula is C24H23ClFN3O. The number of pyridine rings is 1. The van der Waals surface area contributed by atoms with E-state index in [4.69, 9.17) is 11.6 Å². The quantitative estimate of drug-likeness (QED) is 0.600. The molecule has 2 heterocycles. The van der Waals surface area contributed by atoms with Gasteiger partial charge in [-0.1, -0.05) is 11.6 Å². The maximum Gasteiger partial charge on any atom is 0.240 e. The van der Waals surface area contributed by atoms with Crippen molar-refractivity contribution in [1.82, 2.24) is 9.88 Å². The number of hydrogen-bond acceptors (Lipinski definition) is 3. The Kier molecular flexibility index (Phi) is 4.75. The van der Waals surface area contributed by atoms with Crippen molar-refractivity contribution in [3.8, 4) is 0 Å². The molecule has 0 radical (unpaired) electrons. The molecular weight excluding hydrogens is 401 g/mol. The molecule has 1 aliphatic carbocycles. The van der Waals surface area contributed by atoms with E-state index < -0.39 is 0 Å². The van der Waals surface area contributed by atoms with Gasteiger partial charge < -0.3 is 4.90 Å². The summed E-state index contributed by atoms with van der Waals surface area (Å²) in [7, 11) is 1.80. The molecule has 3 aromatic rings. The van der Waals surface area contributed by atoms with Crippen LogP contribution in [0.2, 0.25) is 5.02 Å². The van der Waals surface area contributed by atoms with Crippen molar-refractivity contribution in [1.29, 1.82) is 0 Å². The van der Waals surface area contributed by atoms with Gasteiger partial charge in [-0.2, -0.15) is 0 Å². The summed E-state index contributed by atoms with van der Waals surface area (Å²) in [5, 5.41) is 1.59. The lowest BCUT2D eigenvalue weighted by Crippen LogP contribution is -2.63. The van der Waals surface area contributed by atoms with Crippen LogP contribution in [0.15, 0.2) is 54.7 Å². The second kappa shape index (κ2) is 7.33. The normalized spacial score (nSPS) is 18.2. The molecule has 0 atom stereocenters. The predicted molar refractivity (Wildman–Crippen MR) is 117 cm³/mol. The van der Waals surface area contributed by atoms with E-state index in [1.807, 2.05) is 24.4 Å². The number of rotatable bonds is 4. The van der Waals surface area contributed by atoms with Crippen LogP contribution in [0.3, 0.4) is 0 Å². The summed E-state index contributed by atoms with van der Waals surface area (Å²) in [6, 6.07) is 14.1. The van der Waals surface area contributed by atoms with Gasteiger partial charge in [0.1, 0.15) is 5.82 Å². The van der Waals surface area contributed by atoms with Gasteiger partial charge in [0.05, 0.1) is 12.1 Å². The summed E-state index contributed by atoms with van der Waals surface area (Å²) in [4.78, 5) is 20.9. The molecule has 1 aromatic heterocycles. The van der Waals surface area contributed by atoms with E-state index in [1.165, 1.54) is 11.6 Å². The minimum atomic E-state index is -0.219. The van der Waals surface area contributed by atoms with E-state index in [0.717, 1.165) is 42.5 Å². The molecule has 2 fully saturated rings. The van der Waals surface area contributed by atoms with Crippen molar-refractivity contribution >= 4 is 34.1 Å². The molecule has 6 heteroatoms. The highest BCUT2D eigenvalue weighted by molar-refractivity contribution is 6.30. The molecule has 154 valence electrons. The van der Waals surface area contributed by atoms with E-state index in [-0.39, 0.29) is 11.7 Å². The number of halogens is 2. The van der Waals surface area contributed by atoms with Gasteiger partial charge in [-0.05, 0) is 78.3 Å². The molecule has 4 nitrogen and oxygen atoms in total. The number of amides is 1. The second-order valence-electron chi connectivity index (χ2n) is 8.74. The van der Waals surface area contributed by atoms with Crippen molar-refractivity contribution in [3.05, 3.63) is 71.1 Å². The number of fused-ring (bicyclic) bond motifs is 1. The van der Waals surface area contributed by atoms with Crippen LogP contribution in [0, 0.1) is 11.2 Å². The van der Waals surface area contributed by atoms with Gasteiger partial charge in [0, 0.05) is 42.4 Å². The summed E-state index contributed by atoms with van der Waals surface area (Å²) in [6.45, 7) is 2.32. The highest BCUT2D eigenvalue weighted by Crippen LogP contribution is 2.56. The van der Waals surface area contributed by atoms with Crippen LogP contribution < -0.4 is 4.90 Å². The Balaban J connectivity index is 1.18. The third-order valence-corrected chi connectivity index (χ3v) is 6.85. The van der Waals surface area contributed by atoms with Gasteiger partial charge in [-0.15, -0.1) is 0 Å². The van der Waals surface area contributed by atoms with E-state index in [2.05, 4.69) is 9.88 Å². The lowest BCUT2D eigenvalue weighted by Gasteiger charge is -2.59. The fourth-order valence-electron chi connectivity index (χ4n) is 5.08. The molecule has 0 bridgehead atoms. The summed E-state index contributed by atoms with van der Waals surface area (Å²) in [5.41, 5.74) is 3.19. The second-order valence-corrected chi connectivity index (χ2v) is 9.18. The highest BCUT2D eigenvalue weighted by atomic mass is 35.5. The van der Waals surface area contributed by atoms with Gasteiger partial charge >= 0.3 is 0 Å². The summed E-state index contributed by atoms with van der Waals surface area (Å²) < 4.78 is 13.7. The average molecular weight is 424 g/mol. The standard InChI is InChI=1S/C24H23ClFN3O/c1-28(19-5-2-17(25)3-6-19)23(30)13-29-14-24(15-29)11-16(12-24)20-8-9-27-22-7-4-18(26)10-21(20)22/h2-10,16H,11-15H2,1H3. The van der Waals surface area contributed by atoms with Crippen LogP contribution >= 0.6 is 11.6 Å². The summed E-state index contributed by atoms with van der Waals surface area (Å²) in [6.07, 6.45) is 3.99. The number of likely N-dealkylation sites (tertiary alicyclic amines) is 1. The number of nitrogens with zero attached hydrogens (tertiary/aromatic N) is 3. The minimum Gasteiger partial charge on any atom is -0.314 e. The Hall–Kier alpha value is -2.50. The zero-order valence-electron chi connectivity index (χ0n) is 16.8. The van der Waals surface area contributed by atoms with Gasteiger partial charge in [0.15, 0.2) is 0 Å². The van der Waals surface area contributed by atoms with E-state index in [0.29, 0.717) is 22.9 Å². The molecule has 0 N–H and O–H groups in total. The average Bonchev–Trinajstić information content (AvgIpc) is 2.68. The third-order valence-electron chi connectivity index (χ3n) is 6.60. The third kappa shape index (κ3) is 3.46.